The Balaban J connectivity index is 2.26. The third kappa shape index (κ3) is 5.83. The number of ether oxygens (including phenoxy) is 1. The molecule has 100 valence electrons. The number of hydrogen-bond acceptors (Lipinski definition) is 3. The highest BCUT2D eigenvalue weighted by molar-refractivity contribution is 6.29. The lowest BCUT2D eigenvalue weighted by Crippen LogP contribution is -2.28. The van der Waals surface area contributed by atoms with E-state index >= 15 is 0 Å². The smallest absolute Gasteiger partial charge is 0.370 e. The maximum Gasteiger partial charge on any atom is 0.411 e. The molecular formula is C10H10ClF3N2O2. The molecule has 0 saturated carbocycles. The number of carbonyl (C=O) groups is 1. The zero-order valence-corrected chi connectivity index (χ0v) is 9.88. The molecule has 0 atom stereocenters. The van der Waals surface area contributed by atoms with E-state index in [0.717, 1.165) is 0 Å². The first-order chi connectivity index (χ1) is 8.38. The van der Waals surface area contributed by atoms with Crippen LogP contribution in [0.5, 0.6) is 0 Å². The molecule has 0 aromatic carbocycles. The van der Waals surface area contributed by atoms with Gasteiger partial charge in [-0.1, -0.05) is 11.6 Å². The molecule has 1 N–H and O–H groups in total. The highest BCUT2D eigenvalue weighted by Gasteiger charge is 2.27. The summed E-state index contributed by atoms with van der Waals surface area (Å²) in [6, 6.07) is 2.80. The zero-order chi connectivity index (χ0) is 13.6. The topological polar surface area (TPSA) is 51.2 Å². The predicted molar refractivity (Wildman–Crippen MR) is 58.5 cm³/mol. The number of nitrogens with zero attached hydrogens (tertiary/aromatic N) is 1. The van der Waals surface area contributed by atoms with Crippen molar-refractivity contribution in [1.29, 1.82) is 0 Å². The standard InChI is InChI=1S/C10H10ClF3N2O2/c11-8-5-7(1-2-15-8)9(17)16-3-4-18-6-10(12,13)14/h1-2,5H,3-4,6H2,(H,16,17). The van der Waals surface area contributed by atoms with Crippen LogP contribution in [0.2, 0.25) is 5.15 Å². The predicted octanol–water partition coefficient (Wildman–Crippen LogP) is 2.04. The summed E-state index contributed by atoms with van der Waals surface area (Å²) in [7, 11) is 0. The largest absolute Gasteiger partial charge is 0.411 e. The van der Waals surface area contributed by atoms with Crippen molar-refractivity contribution in [2.75, 3.05) is 19.8 Å². The molecule has 1 rings (SSSR count). The number of amides is 1. The average Bonchev–Trinajstić information content (AvgIpc) is 2.26. The summed E-state index contributed by atoms with van der Waals surface area (Å²) in [5.41, 5.74) is 0.283. The van der Waals surface area contributed by atoms with Crippen LogP contribution in [0.3, 0.4) is 0 Å². The van der Waals surface area contributed by atoms with E-state index in [0.29, 0.717) is 0 Å². The maximum absolute atomic E-state index is 11.7. The van der Waals surface area contributed by atoms with E-state index in [2.05, 4.69) is 15.0 Å². The van der Waals surface area contributed by atoms with Gasteiger partial charge in [-0.3, -0.25) is 4.79 Å². The first kappa shape index (κ1) is 14.7. The van der Waals surface area contributed by atoms with Crippen LogP contribution in [0.15, 0.2) is 18.3 Å². The molecule has 0 aliphatic heterocycles. The number of hydrogen-bond donors (Lipinski definition) is 1. The van der Waals surface area contributed by atoms with E-state index in [1.807, 2.05) is 0 Å². The SMILES string of the molecule is O=C(NCCOCC(F)(F)F)c1ccnc(Cl)c1. The normalized spacial score (nSPS) is 11.3. The van der Waals surface area contributed by atoms with Crippen LogP contribution in [0.4, 0.5) is 13.2 Å². The number of halogens is 4. The first-order valence-corrected chi connectivity index (χ1v) is 5.30. The van der Waals surface area contributed by atoms with Crippen LogP contribution in [-0.4, -0.2) is 36.8 Å². The molecule has 0 saturated heterocycles. The van der Waals surface area contributed by atoms with Crippen LogP contribution in [0, 0.1) is 0 Å². The van der Waals surface area contributed by atoms with Gasteiger partial charge in [-0.2, -0.15) is 13.2 Å². The Hall–Kier alpha value is -1.34. The second-order valence-corrected chi connectivity index (χ2v) is 3.68. The lowest BCUT2D eigenvalue weighted by molar-refractivity contribution is -0.173. The van der Waals surface area contributed by atoms with Gasteiger partial charge in [0.1, 0.15) is 11.8 Å². The zero-order valence-electron chi connectivity index (χ0n) is 9.13. The number of carbonyl (C=O) groups excluding carboxylic acids is 1. The van der Waals surface area contributed by atoms with Crippen molar-refractivity contribution in [3.8, 4) is 0 Å². The summed E-state index contributed by atoms with van der Waals surface area (Å²) in [4.78, 5) is 15.2. The second kappa shape index (κ2) is 6.55. The second-order valence-electron chi connectivity index (χ2n) is 3.29. The van der Waals surface area contributed by atoms with Crippen LogP contribution in [-0.2, 0) is 4.74 Å². The van der Waals surface area contributed by atoms with Crippen LogP contribution < -0.4 is 5.32 Å². The minimum Gasteiger partial charge on any atom is -0.370 e. The fraction of sp³-hybridized carbons (Fsp3) is 0.400. The summed E-state index contributed by atoms with van der Waals surface area (Å²) < 4.78 is 39.5. The molecule has 0 fully saturated rings. The molecule has 4 nitrogen and oxygen atoms in total. The molecule has 0 radical (unpaired) electrons. The minimum absolute atomic E-state index is 0.0190. The van der Waals surface area contributed by atoms with Gasteiger partial charge in [0, 0.05) is 18.3 Å². The molecule has 0 aliphatic carbocycles. The molecule has 1 amide bonds. The number of aromatic nitrogens is 1. The summed E-state index contributed by atoms with van der Waals surface area (Å²) in [5.74, 6) is -0.449. The van der Waals surface area contributed by atoms with Crippen molar-refractivity contribution in [3.05, 3.63) is 29.0 Å². The van der Waals surface area contributed by atoms with Crippen LogP contribution in [0.1, 0.15) is 10.4 Å². The van der Waals surface area contributed by atoms with E-state index in [1.54, 1.807) is 0 Å². The van der Waals surface area contributed by atoms with Crippen molar-refractivity contribution in [2.24, 2.45) is 0 Å². The number of rotatable bonds is 5. The van der Waals surface area contributed by atoms with Gasteiger partial charge >= 0.3 is 6.18 Å². The van der Waals surface area contributed by atoms with Gasteiger partial charge in [0.15, 0.2) is 0 Å². The Morgan fingerprint density at radius 2 is 2.22 bits per heavy atom. The van der Waals surface area contributed by atoms with Crippen molar-refractivity contribution in [3.63, 3.8) is 0 Å². The van der Waals surface area contributed by atoms with Crippen molar-refractivity contribution >= 4 is 17.5 Å². The molecule has 0 spiro atoms. The van der Waals surface area contributed by atoms with E-state index in [4.69, 9.17) is 11.6 Å². The maximum atomic E-state index is 11.7. The molecular weight excluding hydrogens is 273 g/mol. The monoisotopic (exact) mass is 282 g/mol. The quantitative estimate of drug-likeness (QED) is 0.664. The van der Waals surface area contributed by atoms with Gasteiger partial charge in [0.2, 0.25) is 0 Å². The molecule has 8 heteroatoms. The summed E-state index contributed by atoms with van der Waals surface area (Å²) in [5, 5.41) is 2.56. The summed E-state index contributed by atoms with van der Waals surface area (Å²) in [6.45, 7) is -1.57. The Morgan fingerprint density at radius 3 is 2.83 bits per heavy atom. The Kier molecular flexibility index (Phi) is 5.36. The third-order valence-corrected chi connectivity index (χ3v) is 1.99. The van der Waals surface area contributed by atoms with Crippen molar-refractivity contribution in [2.45, 2.75) is 6.18 Å². The third-order valence-electron chi connectivity index (χ3n) is 1.79. The number of nitrogens with one attached hydrogen (secondary N) is 1. The number of alkyl halides is 3. The van der Waals surface area contributed by atoms with Gasteiger partial charge in [-0.25, -0.2) is 4.98 Å². The summed E-state index contributed by atoms with van der Waals surface area (Å²) >= 11 is 5.58. The van der Waals surface area contributed by atoms with Crippen molar-refractivity contribution in [1.82, 2.24) is 10.3 Å². The van der Waals surface area contributed by atoms with Gasteiger partial charge in [0.05, 0.1) is 6.61 Å². The van der Waals surface area contributed by atoms with E-state index < -0.39 is 18.7 Å². The number of pyridine rings is 1. The van der Waals surface area contributed by atoms with Gasteiger partial charge in [-0.15, -0.1) is 0 Å². The van der Waals surface area contributed by atoms with E-state index in [-0.39, 0.29) is 23.9 Å². The Morgan fingerprint density at radius 1 is 1.50 bits per heavy atom. The fourth-order valence-electron chi connectivity index (χ4n) is 1.07. The Bertz CT molecular complexity index is 412. The highest BCUT2D eigenvalue weighted by Crippen LogP contribution is 2.14. The molecule has 0 unspecified atom stereocenters. The molecule has 0 bridgehead atoms. The molecule has 1 aromatic rings. The Labute approximate surface area is 106 Å². The highest BCUT2D eigenvalue weighted by atomic mass is 35.5. The lowest BCUT2D eigenvalue weighted by Gasteiger charge is -2.08. The van der Waals surface area contributed by atoms with E-state index in [9.17, 15) is 18.0 Å². The summed E-state index contributed by atoms with van der Waals surface area (Å²) in [6.07, 6.45) is -3.00. The molecule has 1 heterocycles. The van der Waals surface area contributed by atoms with Gasteiger partial charge in [0.25, 0.3) is 5.91 Å². The molecule has 18 heavy (non-hydrogen) atoms. The van der Waals surface area contributed by atoms with Crippen LogP contribution >= 0.6 is 11.6 Å². The first-order valence-electron chi connectivity index (χ1n) is 4.93. The van der Waals surface area contributed by atoms with E-state index in [1.165, 1.54) is 18.3 Å². The lowest BCUT2D eigenvalue weighted by atomic mass is 10.2. The van der Waals surface area contributed by atoms with Gasteiger partial charge in [-0.05, 0) is 12.1 Å². The van der Waals surface area contributed by atoms with Crippen molar-refractivity contribution < 1.29 is 22.7 Å². The van der Waals surface area contributed by atoms with Gasteiger partial charge < -0.3 is 10.1 Å². The minimum atomic E-state index is -4.36. The van der Waals surface area contributed by atoms with Crippen LogP contribution in [0.25, 0.3) is 0 Å². The fourth-order valence-corrected chi connectivity index (χ4v) is 1.24. The molecule has 1 aromatic heterocycles. The average molecular weight is 283 g/mol. The molecule has 0 aliphatic rings.